The topological polar surface area (TPSA) is 76.1 Å². The van der Waals surface area contributed by atoms with E-state index >= 15 is 0 Å². The molecule has 0 aliphatic carbocycles. The second kappa shape index (κ2) is 10.6. The molecule has 186 valence electrons. The maximum atomic E-state index is 13.5. The average Bonchev–Trinajstić information content (AvgIpc) is 3.11. The normalized spacial score (nSPS) is 16.9. The highest BCUT2D eigenvalue weighted by atomic mass is 35.5. The van der Waals surface area contributed by atoms with Crippen LogP contribution in [0.25, 0.3) is 5.76 Å². The van der Waals surface area contributed by atoms with E-state index in [-0.39, 0.29) is 27.7 Å². The van der Waals surface area contributed by atoms with Gasteiger partial charge in [0, 0.05) is 12.1 Å². The van der Waals surface area contributed by atoms with Gasteiger partial charge in [-0.3, -0.25) is 9.59 Å². The van der Waals surface area contributed by atoms with Crippen LogP contribution >= 0.6 is 23.2 Å². The first kappa shape index (κ1) is 25.5. The fraction of sp³-hybridized carbons (Fsp3) is 0.185. The number of nitrogens with zero attached hydrogens (tertiary/aromatic N) is 1. The molecule has 6 nitrogen and oxygen atoms in total. The van der Waals surface area contributed by atoms with Gasteiger partial charge in [0.1, 0.15) is 11.6 Å². The summed E-state index contributed by atoms with van der Waals surface area (Å²) in [6.45, 7) is 2.18. The summed E-state index contributed by atoms with van der Waals surface area (Å²) in [4.78, 5) is 27.8. The third kappa shape index (κ3) is 4.90. The Hall–Kier alpha value is -3.55. The third-order valence-electron chi connectivity index (χ3n) is 5.80. The molecule has 1 atom stereocenters. The first-order valence-corrected chi connectivity index (χ1v) is 11.8. The monoisotopic (exact) mass is 529 g/mol. The van der Waals surface area contributed by atoms with Crippen molar-refractivity contribution in [3.8, 4) is 11.5 Å². The summed E-state index contributed by atoms with van der Waals surface area (Å²) in [5.41, 5.74) is 1.24. The van der Waals surface area contributed by atoms with Crippen LogP contribution in [-0.4, -0.2) is 35.4 Å². The second-order valence-electron chi connectivity index (χ2n) is 8.03. The summed E-state index contributed by atoms with van der Waals surface area (Å²) < 4.78 is 24.5. The first-order valence-electron chi connectivity index (χ1n) is 11.0. The highest BCUT2D eigenvalue weighted by molar-refractivity contribution is 6.46. The maximum Gasteiger partial charge on any atom is 0.295 e. The third-order valence-corrected chi connectivity index (χ3v) is 6.54. The number of aliphatic hydroxyl groups excluding tert-OH is 1. The van der Waals surface area contributed by atoms with Crippen molar-refractivity contribution >= 4 is 40.7 Å². The molecule has 0 radical (unpaired) electrons. The van der Waals surface area contributed by atoms with Crippen LogP contribution < -0.4 is 9.47 Å². The van der Waals surface area contributed by atoms with Gasteiger partial charge in [0.25, 0.3) is 11.7 Å². The summed E-state index contributed by atoms with van der Waals surface area (Å²) in [5, 5.41) is 11.7. The molecule has 4 rings (SSSR count). The van der Waals surface area contributed by atoms with Gasteiger partial charge >= 0.3 is 0 Å². The van der Waals surface area contributed by atoms with E-state index in [0.717, 1.165) is 0 Å². The molecule has 0 bridgehead atoms. The number of benzene rings is 3. The van der Waals surface area contributed by atoms with E-state index in [1.54, 1.807) is 18.2 Å². The summed E-state index contributed by atoms with van der Waals surface area (Å²) in [7, 11) is 1.50. The van der Waals surface area contributed by atoms with Crippen molar-refractivity contribution in [1.29, 1.82) is 0 Å². The van der Waals surface area contributed by atoms with Crippen molar-refractivity contribution in [3.63, 3.8) is 0 Å². The Bertz CT molecular complexity index is 1360. The lowest BCUT2D eigenvalue weighted by Gasteiger charge is -2.26. The summed E-state index contributed by atoms with van der Waals surface area (Å²) >= 11 is 12.1. The number of ether oxygens (including phenoxy) is 2. The van der Waals surface area contributed by atoms with Gasteiger partial charge in [-0.15, -0.1) is 0 Å². The predicted molar refractivity (Wildman–Crippen MR) is 135 cm³/mol. The molecule has 1 N–H and O–H groups in total. The number of likely N-dealkylation sites (tertiary alicyclic amines) is 1. The van der Waals surface area contributed by atoms with E-state index in [0.29, 0.717) is 29.2 Å². The number of halogens is 3. The quantitative estimate of drug-likeness (QED) is 0.225. The van der Waals surface area contributed by atoms with Crippen molar-refractivity contribution in [2.45, 2.75) is 19.5 Å². The van der Waals surface area contributed by atoms with Gasteiger partial charge in [-0.1, -0.05) is 41.4 Å². The molecule has 9 heteroatoms. The molecule has 3 aromatic rings. The molecule has 0 spiro atoms. The smallest absolute Gasteiger partial charge is 0.295 e. The summed E-state index contributed by atoms with van der Waals surface area (Å²) in [5.74, 6) is -1.60. The number of hydrogen-bond acceptors (Lipinski definition) is 5. The highest BCUT2D eigenvalue weighted by Gasteiger charge is 2.46. The van der Waals surface area contributed by atoms with Crippen molar-refractivity contribution in [1.82, 2.24) is 4.90 Å². The van der Waals surface area contributed by atoms with E-state index in [2.05, 4.69) is 0 Å². The summed E-state index contributed by atoms with van der Waals surface area (Å²) in [6.07, 6.45) is 0. The standard InChI is InChI=1S/C27H22Cl2FNO5/c1-3-36-22-13-16(7-11-21(22)35-2)24-23(25(32)17-6-10-19(28)20(29)12-17)26(33)27(34)31(24)14-15-4-8-18(30)9-5-15/h4-13,24,32H,3,14H2,1-2H3/b25-23-. The average molecular weight is 530 g/mol. The van der Waals surface area contributed by atoms with E-state index in [1.807, 2.05) is 6.92 Å². The largest absolute Gasteiger partial charge is 0.507 e. The number of rotatable bonds is 7. The maximum absolute atomic E-state index is 13.5. The highest BCUT2D eigenvalue weighted by Crippen LogP contribution is 2.43. The molecule has 0 saturated carbocycles. The van der Waals surface area contributed by atoms with Gasteiger partial charge in [-0.25, -0.2) is 4.39 Å². The molecular weight excluding hydrogens is 508 g/mol. The lowest BCUT2D eigenvalue weighted by Crippen LogP contribution is -2.29. The Morgan fingerprint density at radius 2 is 1.72 bits per heavy atom. The van der Waals surface area contributed by atoms with Crippen LogP contribution in [0, 0.1) is 5.82 Å². The minimum Gasteiger partial charge on any atom is -0.507 e. The van der Waals surface area contributed by atoms with Gasteiger partial charge in [-0.05, 0) is 60.5 Å². The second-order valence-corrected chi connectivity index (χ2v) is 8.84. The molecule has 36 heavy (non-hydrogen) atoms. The van der Waals surface area contributed by atoms with Crippen LogP contribution in [0.5, 0.6) is 11.5 Å². The Kier molecular flexibility index (Phi) is 7.52. The molecule has 1 aliphatic heterocycles. The molecular formula is C27H22Cl2FNO5. The van der Waals surface area contributed by atoms with Crippen LogP contribution in [0.15, 0.2) is 66.2 Å². The van der Waals surface area contributed by atoms with Crippen LogP contribution in [0.2, 0.25) is 10.0 Å². The van der Waals surface area contributed by atoms with Crippen molar-refractivity contribution < 1.29 is 28.6 Å². The van der Waals surface area contributed by atoms with Gasteiger partial charge in [0.15, 0.2) is 11.5 Å². The zero-order valence-electron chi connectivity index (χ0n) is 19.4. The van der Waals surface area contributed by atoms with E-state index in [9.17, 15) is 19.1 Å². The van der Waals surface area contributed by atoms with Crippen LogP contribution in [-0.2, 0) is 16.1 Å². The molecule has 1 unspecified atom stereocenters. The number of carbonyl (C=O) groups is 2. The fourth-order valence-electron chi connectivity index (χ4n) is 4.11. The number of ketones is 1. The number of aliphatic hydroxyl groups is 1. The van der Waals surface area contributed by atoms with Gasteiger partial charge < -0.3 is 19.5 Å². The molecule has 1 fully saturated rings. The van der Waals surface area contributed by atoms with Crippen molar-refractivity contribution in [2.24, 2.45) is 0 Å². The number of carbonyl (C=O) groups excluding carboxylic acids is 2. The Labute approximate surface area is 217 Å². The number of amides is 1. The Morgan fingerprint density at radius 1 is 1.00 bits per heavy atom. The van der Waals surface area contributed by atoms with Gasteiger partial charge in [0.05, 0.1) is 35.4 Å². The van der Waals surface area contributed by atoms with Gasteiger partial charge in [-0.2, -0.15) is 0 Å². The lowest BCUT2D eigenvalue weighted by molar-refractivity contribution is -0.140. The fourth-order valence-corrected chi connectivity index (χ4v) is 4.40. The molecule has 1 amide bonds. The summed E-state index contributed by atoms with van der Waals surface area (Å²) in [6, 6.07) is 14.1. The van der Waals surface area contributed by atoms with Crippen LogP contribution in [0.4, 0.5) is 4.39 Å². The van der Waals surface area contributed by atoms with Crippen molar-refractivity contribution in [2.75, 3.05) is 13.7 Å². The number of hydrogen-bond donors (Lipinski definition) is 1. The van der Waals surface area contributed by atoms with E-state index in [1.165, 1.54) is 54.5 Å². The number of Topliss-reactive ketones (excluding diaryl/α,β-unsaturated/α-hetero) is 1. The molecule has 3 aromatic carbocycles. The Morgan fingerprint density at radius 3 is 2.36 bits per heavy atom. The molecule has 1 aliphatic rings. The predicted octanol–water partition coefficient (Wildman–Crippen LogP) is 6.16. The minimum absolute atomic E-state index is 0.00364. The van der Waals surface area contributed by atoms with Crippen molar-refractivity contribution in [3.05, 3.63) is 98.8 Å². The number of methoxy groups -OCH3 is 1. The van der Waals surface area contributed by atoms with Crippen LogP contribution in [0.3, 0.4) is 0 Å². The van der Waals surface area contributed by atoms with Crippen LogP contribution in [0.1, 0.15) is 29.7 Å². The molecule has 1 heterocycles. The zero-order valence-corrected chi connectivity index (χ0v) is 20.9. The zero-order chi connectivity index (χ0) is 26.0. The van der Waals surface area contributed by atoms with E-state index in [4.69, 9.17) is 32.7 Å². The molecule has 1 saturated heterocycles. The Balaban J connectivity index is 1.90. The lowest BCUT2D eigenvalue weighted by atomic mass is 9.94. The van der Waals surface area contributed by atoms with E-state index < -0.39 is 29.3 Å². The first-order chi connectivity index (χ1) is 17.2. The van der Waals surface area contributed by atoms with Gasteiger partial charge in [0.2, 0.25) is 0 Å². The minimum atomic E-state index is -0.963. The SMILES string of the molecule is CCOc1cc(C2/C(=C(/O)c3ccc(Cl)c(Cl)c3)C(=O)C(=O)N2Cc2ccc(F)cc2)ccc1OC. The molecule has 0 aromatic heterocycles.